The predicted molar refractivity (Wildman–Crippen MR) is 66.9 cm³/mol. The molecule has 0 atom stereocenters. The number of hydrogen-bond donors (Lipinski definition) is 0. The Kier molecular flexibility index (Phi) is 3.39. The second-order valence-corrected chi connectivity index (χ2v) is 3.79. The summed E-state index contributed by atoms with van der Waals surface area (Å²) in [7, 11) is 0. The first-order chi connectivity index (χ1) is 9.10. The van der Waals surface area contributed by atoms with E-state index in [1.54, 1.807) is 12.1 Å². The molecule has 1 aromatic carbocycles. The fraction of sp³-hybridized carbons (Fsp3) is 0.0769. The minimum absolute atomic E-state index is 0.106. The van der Waals surface area contributed by atoms with E-state index in [4.69, 9.17) is 10.00 Å². The van der Waals surface area contributed by atoms with Crippen molar-refractivity contribution in [2.24, 2.45) is 0 Å². The van der Waals surface area contributed by atoms with Crippen LogP contribution in [0.5, 0.6) is 11.5 Å². The molecule has 0 bridgehead atoms. The summed E-state index contributed by atoms with van der Waals surface area (Å²) >= 11 is 0. The molecule has 0 saturated heterocycles. The quantitative estimate of drug-likeness (QED) is 0.621. The van der Waals surface area contributed by atoms with Crippen molar-refractivity contribution in [3.63, 3.8) is 0 Å². The van der Waals surface area contributed by atoms with E-state index in [9.17, 15) is 10.1 Å². The molecule has 0 radical (unpaired) electrons. The molecule has 6 heteroatoms. The number of non-ortho nitro benzene ring substituents is 1. The van der Waals surface area contributed by atoms with Gasteiger partial charge in [-0.05, 0) is 25.1 Å². The van der Waals surface area contributed by atoms with E-state index < -0.39 is 4.92 Å². The van der Waals surface area contributed by atoms with Crippen LogP contribution in [0.1, 0.15) is 11.3 Å². The van der Waals surface area contributed by atoms with Crippen molar-refractivity contribution >= 4 is 5.69 Å². The lowest BCUT2D eigenvalue weighted by molar-refractivity contribution is -0.384. The van der Waals surface area contributed by atoms with Gasteiger partial charge in [-0.3, -0.25) is 15.1 Å². The second kappa shape index (κ2) is 5.14. The molecule has 0 fully saturated rings. The van der Waals surface area contributed by atoms with E-state index in [1.807, 2.05) is 13.0 Å². The van der Waals surface area contributed by atoms with E-state index in [1.165, 1.54) is 24.4 Å². The second-order valence-electron chi connectivity index (χ2n) is 3.79. The van der Waals surface area contributed by atoms with Crippen LogP contribution in [0.3, 0.4) is 0 Å². The molecule has 0 unspecified atom stereocenters. The number of nitrogens with zero attached hydrogens (tertiary/aromatic N) is 3. The van der Waals surface area contributed by atoms with Crippen LogP contribution in [0.4, 0.5) is 5.69 Å². The summed E-state index contributed by atoms with van der Waals surface area (Å²) in [6.07, 6.45) is 1.53. The number of rotatable bonds is 3. The van der Waals surface area contributed by atoms with Crippen molar-refractivity contribution in [2.75, 3.05) is 0 Å². The number of nitro groups is 1. The number of hydrogen-bond acceptors (Lipinski definition) is 5. The molecule has 94 valence electrons. The highest BCUT2D eigenvalue weighted by molar-refractivity contribution is 5.51. The van der Waals surface area contributed by atoms with Crippen LogP contribution < -0.4 is 4.74 Å². The van der Waals surface area contributed by atoms with E-state index >= 15 is 0 Å². The summed E-state index contributed by atoms with van der Waals surface area (Å²) in [5.41, 5.74) is 0.803. The molecule has 1 aromatic heterocycles. The Labute approximate surface area is 109 Å². The Hall–Kier alpha value is -2.94. The van der Waals surface area contributed by atoms with Gasteiger partial charge in [-0.1, -0.05) is 0 Å². The Bertz CT molecular complexity index is 660. The zero-order valence-corrected chi connectivity index (χ0v) is 10.0. The summed E-state index contributed by atoms with van der Waals surface area (Å²) in [5.74, 6) is 0.731. The zero-order valence-electron chi connectivity index (χ0n) is 10.0. The van der Waals surface area contributed by atoms with E-state index in [0.29, 0.717) is 5.75 Å². The van der Waals surface area contributed by atoms with Crippen LogP contribution in [0, 0.1) is 28.4 Å². The van der Waals surface area contributed by atoms with Crippen molar-refractivity contribution in [1.29, 1.82) is 5.26 Å². The van der Waals surface area contributed by atoms with Gasteiger partial charge < -0.3 is 4.74 Å². The average Bonchev–Trinajstić information content (AvgIpc) is 2.41. The summed E-state index contributed by atoms with van der Waals surface area (Å²) in [6, 6.07) is 9.22. The third kappa shape index (κ3) is 2.84. The van der Waals surface area contributed by atoms with Crippen molar-refractivity contribution < 1.29 is 9.66 Å². The van der Waals surface area contributed by atoms with Crippen LogP contribution in [0.25, 0.3) is 0 Å². The van der Waals surface area contributed by atoms with Gasteiger partial charge in [0.1, 0.15) is 23.1 Å². The maximum Gasteiger partial charge on any atom is 0.271 e. The highest BCUT2D eigenvalue weighted by Gasteiger charge is 2.12. The number of ether oxygens (including phenoxy) is 1. The van der Waals surface area contributed by atoms with Gasteiger partial charge in [0, 0.05) is 17.8 Å². The van der Waals surface area contributed by atoms with Gasteiger partial charge in [0.2, 0.25) is 0 Å². The predicted octanol–water partition coefficient (Wildman–Crippen LogP) is 2.96. The van der Waals surface area contributed by atoms with Gasteiger partial charge in [-0.25, -0.2) is 0 Å². The molecule has 0 amide bonds. The summed E-state index contributed by atoms with van der Waals surface area (Å²) in [6.45, 7) is 1.84. The number of aryl methyl sites for hydroxylation is 1. The molecule has 0 spiro atoms. The lowest BCUT2D eigenvalue weighted by atomic mass is 10.2. The lowest BCUT2D eigenvalue weighted by Crippen LogP contribution is -1.93. The van der Waals surface area contributed by atoms with Crippen LogP contribution in [-0.4, -0.2) is 9.91 Å². The molecule has 0 saturated carbocycles. The average molecular weight is 255 g/mol. The van der Waals surface area contributed by atoms with Gasteiger partial charge in [0.25, 0.3) is 5.69 Å². The first-order valence-corrected chi connectivity index (χ1v) is 5.39. The largest absolute Gasteiger partial charge is 0.454 e. The summed E-state index contributed by atoms with van der Waals surface area (Å²) in [4.78, 5) is 14.1. The van der Waals surface area contributed by atoms with Crippen LogP contribution in [0.15, 0.2) is 36.5 Å². The topological polar surface area (TPSA) is 89.0 Å². The monoisotopic (exact) mass is 255 g/mol. The lowest BCUT2D eigenvalue weighted by Gasteiger charge is -2.06. The van der Waals surface area contributed by atoms with E-state index in [-0.39, 0.29) is 17.0 Å². The van der Waals surface area contributed by atoms with Gasteiger partial charge in [0.05, 0.1) is 11.1 Å². The van der Waals surface area contributed by atoms with Gasteiger partial charge in [0.15, 0.2) is 0 Å². The molecule has 0 aliphatic rings. The third-order valence-electron chi connectivity index (χ3n) is 2.41. The molecular weight excluding hydrogens is 246 g/mol. The van der Waals surface area contributed by atoms with Gasteiger partial charge in [-0.2, -0.15) is 5.26 Å². The van der Waals surface area contributed by atoms with Gasteiger partial charge in [-0.15, -0.1) is 0 Å². The van der Waals surface area contributed by atoms with Gasteiger partial charge >= 0.3 is 0 Å². The molecule has 0 aliphatic carbocycles. The smallest absolute Gasteiger partial charge is 0.271 e. The van der Waals surface area contributed by atoms with Crippen molar-refractivity contribution in [3.8, 4) is 17.6 Å². The van der Waals surface area contributed by atoms with Crippen molar-refractivity contribution in [1.82, 2.24) is 4.98 Å². The molecule has 6 nitrogen and oxygen atoms in total. The Morgan fingerprint density at radius 3 is 2.74 bits per heavy atom. The standard InChI is InChI=1S/C13H9N3O3/c1-9-2-4-12(8-15-9)19-13-5-3-11(16(17)18)6-10(13)7-14/h2-6,8H,1H3. The number of nitriles is 1. The molecule has 1 heterocycles. The first-order valence-electron chi connectivity index (χ1n) is 5.39. The Balaban J connectivity index is 2.33. The molecule has 2 aromatic rings. The van der Waals surface area contributed by atoms with Crippen LogP contribution in [0.2, 0.25) is 0 Å². The first kappa shape index (κ1) is 12.5. The number of aromatic nitrogens is 1. The normalized spacial score (nSPS) is 9.68. The molecule has 0 N–H and O–H groups in total. The highest BCUT2D eigenvalue weighted by Crippen LogP contribution is 2.27. The number of pyridine rings is 1. The Morgan fingerprint density at radius 2 is 2.16 bits per heavy atom. The SMILES string of the molecule is Cc1ccc(Oc2ccc([N+](=O)[O-])cc2C#N)cn1. The van der Waals surface area contributed by atoms with E-state index in [0.717, 1.165) is 5.69 Å². The number of nitro benzene ring substituents is 1. The number of benzene rings is 1. The van der Waals surface area contributed by atoms with E-state index in [2.05, 4.69) is 4.98 Å². The van der Waals surface area contributed by atoms with Crippen LogP contribution >= 0.6 is 0 Å². The molecule has 0 aliphatic heterocycles. The fourth-order valence-electron chi connectivity index (χ4n) is 1.45. The fourth-order valence-corrected chi connectivity index (χ4v) is 1.45. The minimum atomic E-state index is -0.557. The summed E-state index contributed by atoms with van der Waals surface area (Å²) in [5, 5.41) is 19.6. The maximum atomic E-state index is 10.6. The zero-order chi connectivity index (χ0) is 13.8. The molecule has 2 rings (SSSR count). The molecular formula is C13H9N3O3. The van der Waals surface area contributed by atoms with Crippen molar-refractivity contribution in [3.05, 3.63) is 57.9 Å². The maximum absolute atomic E-state index is 10.6. The van der Waals surface area contributed by atoms with Crippen LogP contribution in [-0.2, 0) is 0 Å². The highest BCUT2D eigenvalue weighted by atomic mass is 16.6. The van der Waals surface area contributed by atoms with Crippen molar-refractivity contribution in [2.45, 2.75) is 6.92 Å². The Morgan fingerprint density at radius 1 is 1.37 bits per heavy atom. The summed E-state index contributed by atoms with van der Waals surface area (Å²) < 4.78 is 5.48. The molecule has 19 heavy (non-hydrogen) atoms. The minimum Gasteiger partial charge on any atom is -0.454 e. The third-order valence-corrected chi connectivity index (χ3v) is 2.41.